The van der Waals surface area contributed by atoms with Crippen LogP contribution in [-0.2, 0) is 21.0 Å². The summed E-state index contributed by atoms with van der Waals surface area (Å²) in [7, 11) is 5.89. The van der Waals surface area contributed by atoms with E-state index in [1.54, 1.807) is 26.1 Å². The highest BCUT2D eigenvalue weighted by Gasteiger charge is 2.24. The van der Waals surface area contributed by atoms with Crippen molar-refractivity contribution in [3.63, 3.8) is 0 Å². The van der Waals surface area contributed by atoms with Crippen LogP contribution in [-0.4, -0.2) is 98.3 Å². The van der Waals surface area contributed by atoms with Crippen molar-refractivity contribution in [3.05, 3.63) is 34.9 Å². The fraction of sp³-hybridized carbons (Fsp3) is 0.478. The zero-order valence-electron chi connectivity index (χ0n) is 20.7. The Hall–Kier alpha value is -3.21. The van der Waals surface area contributed by atoms with E-state index in [0.717, 1.165) is 16.5 Å². The molecule has 0 fully saturated rings. The van der Waals surface area contributed by atoms with Gasteiger partial charge in [0.05, 0.1) is 13.7 Å². The van der Waals surface area contributed by atoms with Gasteiger partial charge in [-0.25, -0.2) is 9.59 Å². The SMILES string of the molecule is C.CNCCNC(=O)C=C(C(=O)O)C(=O)N(C)CCN(C)C(=O)Oc1c(CO)cc(C)cc1OC.P. The summed E-state index contributed by atoms with van der Waals surface area (Å²) in [6.45, 7) is 2.15. The molecule has 3 amide bonds. The van der Waals surface area contributed by atoms with Crippen molar-refractivity contribution >= 4 is 33.8 Å². The highest BCUT2D eigenvalue weighted by Crippen LogP contribution is 2.33. The third kappa shape index (κ3) is 10.6. The second-order valence-electron chi connectivity index (χ2n) is 7.39. The lowest BCUT2D eigenvalue weighted by Gasteiger charge is -2.23. The molecule has 13 heteroatoms. The summed E-state index contributed by atoms with van der Waals surface area (Å²) in [4.78, 5) is 50.7. The van der Waals surface area contributed by atoms with Gasteiger partial charge in [0.1, 0.15) is 5.57 Å². The molecule has 1 atom stereocenters. The van der Waals surface area contributed by atoms with Gasteiger partial charge >= 0.3 is 12.1 Å². The van der Waals surface area contributed by atoms with Crippen molar-refractivity contribution in [1.82, 2.24) is 20.4 Å². The Balaban J connectivity index is 0. The van der Waals surface area contributed by atoms with Gasteiger partial charge in [0.15, 0.2) is 11.5 Å². The van der Waals surface area contributed by atoms with E-state index in [1.165, 1.54) is 26.1 Å². The van der Waals surface area contributed by atoms with E-state index in [9.17, 15) is 29.4 Å². The summed E-state index contributed by atoms with van der Waals surface area (Å²) in [6, 6.07) is 3.31. The molecule has 0 saturated carbocycles. The fourth-order valence-electron chi connectivity index (χ4n) is 2.77. The van der Waals surface area contributed by atoms with Gasteiger partial charge in [0.25, 0.3) is 5.91 Å². The zero-order valence-corrected chi connectivity index (χ0v) is 22.1. The quantitative estimate of drug-likeness (QED) is 0.0989. The number of nitrogens with zero attached hydrogens (tertiary/aromatic N) is 2. The van der Waals surface area contributed by atoms with E-state index in [0.29, 0.717) is 12.1 Å². The Morgan fingerprint density at radius 1 is 1.08 bits per heavy atom. The minimum absolute atomic E-state index is 0. The maximum atomic E-state index is 12.5. The normalized spacial score (nSPS) is 10.3. The average molecular weight is 531 g/mol. The van der Waals surface area contributed by atoms with Gasteiger partial charge in [0, 0.05) is 51.9 Å². The van der Waals surface area contributed by atoms with Crippen LogP contribution >= 0.6 is 9.90 Å². The van der Waals surface area contributed by atoms with Crippen LogP contribution in [0.4, 0.5) is 4.79 Å². The minimum Gasteiger partial charge on any atom is -0.493 e. The Kier molecular flexibility index (Phi) is 16.8. The molecule has 1 aromatic carbocycles. The van der Waals surface area contributed by atoms with E-state index >= 15 is 0 Å². The number of benzene rings is 1. The number of aryl methyl sites for hydroxylation is 1. The molecule has 1 aromatic rings. The Morgan fingerprint density at radius 2 is 1.69 bits per heavy atom. The number of aliphatic hydroxyl groups is 1. The number of hydrogen-bond acceptors (Lipinski definition) is 8. The van der Waals surface area contributed by atoms with Crippen molar-refractivity contribution < 1.29 is 38.9 Å². The number of carbonyl (C=O) groups excluding carboxylic acids is 3. The van der Waals surface area contributed by atoms with Gasteiger partial charge in [-0.05, 0) is 31.7 Å². The highest BCUT2D eigenvalue weighted by atomic mass is 31.0. The first-order valence-corrected chi connectivity index (χ1v) is 10.4. The summed E-state index contributed by atoms with van der Waals surface area (Å²) >= 11 is 0. The second-order valence-corrected chi connectivity index (χ2v) is 7.39. The third-order valence-electron chi connectivity index (χ3n) is 4.70. The molecular weight excluding hydrogens is 491 g/mol. The molecule has 204 valence electrons. The Labute approximate surface area is 215 Å². The molecule has 4 N–H and O–H groups in total. The predicted molar refractivity (Wildman–Crippen MR) is 140 cm³/mol. The average Bonchev–Trinajstić information content (AvgIpc) is 2.80. The third-order valence-corrected chi connectivity index (χ3v) is 4.70. The van der Waals surface area contributed by atoms with Crippen LogP contribution in [0, 0.1) is 6.92 Å². The van der Waals surface area contributed by atoms with E-state index in [4.69, 9.17) is 9.47 Å². The van der Waals surface area contributed by atoms with E-state index in [2.05, 4.69) is 10.6 Å². The first kappa shape index (κ1) is 35.0. The largest absolute Gasteiger partial charge is 0.493 e. The number of nitrogens with one attached hydrogen (secondary N) is 2. The molecule has 0 aromatic heterocycles. The Morgan fingerprint density at radius 3 is 2.22 bits per heavy atom. The number of amides is 3. The maximum Gasteiger partial charge on any atom is 0.415 e. The molecule has 0 spiro atoms. The number of hydrogen-bond donors (Lipinski definition) is 4. The van der Waals surface area contributed by atoms with Crippen LogP contribution in [0.2, 0.25) is 0 Å². The molecule has 0 aliphatic heterocycles. The van der Waals surface area contributed by atoms with Crippen molar-refractivity contribution in [2.24, 2.45) is 0 Å². The topological polar surface area (TPSA) is 158 Å². The molecular formula is C23H39N4O8P. The number of likely N-dealkylation sites (N-methyl/N-ethyl adjacent to an activating group) is 3. The van der Waals surface area contributed by atoms with Crippen LogP contribution in [0.1, 0.15) is 18.6 Å². The van der Waals surface area contributed by atoms with E-state index in [-0.39, 0.29) is 55.1 Å². The van der Waals surface area contributed by atoms with E-state index < -0.39 is 29.5 Å². The summed E-state index contributed by atoms with van der Waals surface area (Å²) in [6.07, 6.45) is -0.0369. The van der Waals surface area contributed by atoms with Crippen LogP contribution in [0.15, 0.2) is 23.8 Å². The van der Waals surface area contributed by atoms with Crippen molar-refractivity contribution in [2.75, 3.05) is 54.4 Å². The van der Waals surface area contributed by atoms with Crippen molar-refractivity contribution in [3.8, 4) is 11.5 Å². The van der Waals surface area contributed by atoms with Gasteiger partial charge in [0.2, 0.25) is 5.91 Å². The minimum atomic E-state index is -1.55. The van der Waals surface area contributed by atoms with Gasteiger partial charge in [-0.3, -0.25) is 9.59 Å². The molecule has 0 bridgehead atoms. The first-order chi connectivity index (χ1) is 16.0. The Bertz CT molecular complexity index is 914. The molecule has 12 nitrogen and oxygen atoms in total. The molecule has 36 heavy (non-hydrogen) atoms. The number of carboxylic acids is 1. The van der Waals surface area contributed by atoms with Crippen LogP contribution in [0.3, 0.4) is 0 Å². The zero-order chi connectivity index (χ0) is 25.8. The van der Waals surface area contributed by atoms with Crippen LogP contribution in [0.25, 0.3) is 0 Å². The van der Waals surface area contributed by atoms with Crippen LogP contribution < -0.4 is 20.1 Å². The smallest absolute Gasteiger partial charge is 0.415 e. The number of aliphatic hydroxyl groups excluding tert-OH is 1. The molecule has 0 aliphatic rings. The van der Waals surface area contributed by atoms with Gasteiger partial charge in [-0.15, -0.1) is 0 Å². The predicted octanol–water partition coefficient (Wildman–Crippen LogP) is 0.426. The van der Waals surface area contributed by atoms with Gasteiger partial charge < -0.3 is 40.1 Å². The van der Waals surface area contributed by atoms with Crippen molar-refractivity contribution in [2.45, 2.75) is 21.0 Å². The molecule has 0 radical (unpaired) electrons. The molecule has 1 rings (SSSR count). The monoisotopic (exact) mass is 530 g/mol. The fourth-order valence-corrected chi connectivity index (χ4v) is 2.77. The lowest BCUT2D eigenvalue weighted by Crippen LogP contribution is -2.40. The summed E-state index contributed by atoms with van der Waals surface area (Å²) < 4.78 is 10.6. The van der Waals surface area contributed by atoms with E-state index in [1.807, 2.05) is 0 Å². The summed E-state index contributed by atoms with van der Waals surface area (Å²) in [5.74, 6) is -2.78. The lowest BCUT2D eigenvalue weighted by molar-refractivity contribution is -0.137. The number of rotatable bonds is 12. The number of aliphatic carboxylic acids is 1. The number of carboxylic acid groups (broad SMARTS) is 1. The highest BCUT2D eigenvalue weighted by molar-refractivity contribution is 6.92. The lowest BCUT2D eigenvalue weighted by atomic mass is 10.1. The molecule has 0 heterocycles. The van der Waals surface area contributed by atoms with Gasteiger partial charge in [-0.2, -0.15) is 9.90 Å². The number of methoxy groups -OCH3 is 1. The maximum absolute atomic E-state index is 12.5. The summed E-state index contributed by atoms with van der Waals surface area (Å²) in [5, 5.41) is 24.2. The van der Waals surface area contributed by atoms with Crippen molar-refractivity contribution in [1.29, 1.82) is 0 Å². The summed E-state index contributed by atoms with van der Waals surface area (Å²) in [5.41, 5.74) is 0.481. The van der Waals surface area contributed by atoms with Gasteiger partial charge in [-0.1, -0.05) is 7.43 Å². The standard InChI is InChI=1S/C22H32N4O8.CH4.H3P/c1-14-10-15(13-27)19(17(11-14)33-5)34-22(32)26(4)9-8-25(3)20(29)16(21(30)31)12-18(28)24-7-6-23-2;;/h10-12,23,27H,6-9,13H2,1-5H3,(H,24,28)(H,30,31);1H4;1H3. The number of ether oxygens (including phenoxy) is 2. The molecule has 0 aliphatic carbocycles. The van der Waals surface area contributed by atoms with Crippen LogP contribution in [0.5, 0.6) is 11.5 Å². The second kappa shape index (κ2) is 17.3. The number of carbonyl (C=O) groups is 4. The molecule has 1 unspecified atom stereocenters. The molecule has 0 saturated heterocycles. The first-order valence-electron chi connectivity index (χ1n) is 10.4.